The van der Waals surface area contributed by atoms with Gasteiger partial charge in [-0.25, -0.2) is 8.42 Å². The summed E-state index contributed by atoms with van der Waals surface area (Å²) in [4.78, 5) is 13.0. The molecule has 1 fully saturated rings. The number of carbonyl (C=O) groups is 1. The van der Waals surface area contributed by atoms with Crippen molar-refractivity contribution in [3.63, 3.8) is 0 Å². The molecule has 1 N–H and O–H groups in total. The Morgan fingerprint density at radius 3 is 2.21 bits per heavy atom. The van der Waals surface area contributed by atoms with Crippen molar-refractivity contribution in [1.82, 2.24) is 4.31 Å². The Balaban J connectivity index is 1.81. The molecule has 1 heterocycles. The molecule has 2 aromatic rings. The van der Waals surface area contributed by atoms with Gasteiger partial charge in [0, 0.05) is 35.3 Å². The van der Waals surface area contributed by atoms with Crippen LogP contribution in [0.15, 0.2) is 51.8 Å². The molecule has 0 aromatic heterocycles. The van der Waals surface area contributed by atoms with Crippen molar-refractivity contribution in [2.75, 3.05) is 18.0 Å². The van der Waals surface area contributed by atoms with Crippen molar-refractivity contribution >= 4 is 37.6 Å². The largest absolute Gasteiger partial charge is 0.573 e. The van der Waals surface area contributed by atoms with E-state index >= 15 is 0 Å². The molecule has 0 bridgehead atoms. The minimum absolute atomic E-state index is 0.00562. The van der Waals surface area contributed by atoms with Gasteiger partial charge in [0.1, 0.15) is 5.75 Å². The topological polar surface area (TPSA) is 87.2 Å². The van der Waals surface area contributed by atoms with E-state index < -0.39 is 34.4 Å². The van der Waals surface area contributed by atoms with E-state index in [0.717, 1.165) is 0 Å². The summed E-state index contributed by atoms with van der Waals surface area (Å²) >= 11 is 3.25. The predicted molar refractivity (Wildman–Crippen MR) is 119 cm³/mol. The number of nitrogens with zero attached hydrogens (tertiary/aromatic N) is 2. The summed E-state index contributed by atoms with van der Waals surface area (Å²) in [5.74, 6) is -1.40. The lowest BCUT2D eigenvalue weighted by atomic mass is 10.1. The van der Waals surface area contributed by atoms with Gasteiger partial charge in [-0.05, 0) is 61.9 Å². The summed E-state index contributed by atoms with van der Waals surface area (Å²) in [6.45, 7) is 4.13. The lowest BCUT2D eigenvalue weighted by Crippen LogP contribution is -2.58. The number of carboxylic acid groups (broad SMARTS) is 1. The average Bonchev–Trinajstić information content (AvgIpc) is 2.65. The Hall–Kier alpha value is -2.31. The maximum absolute atomic E-state index is 13.4. The molecule has 0 saturated carbocycles. The van der Waals surface area contributed by atoms with E-state index in [1.165, 1.54) is 40.7 Å². The number of ether oxygens (including phenoxy) is 1. The number of rotatable bonds is 6. The van der Waals surface area contributed by atoms with E-state index in [9.17, 15) is 26.4 Å². The summed E-state index contributed by atoms with van der Waals surface area (Å²) in [5, 5.41) is 9.05. The highest BCUT2D eigenvalue weighted by Gasteiger charge is 2.39. The molecule has 7 nitrogen and oxygen atoms in total. The van der Waals surface area contributed by atoms with Crippen LogP contribution in [0.2, 0.25) is 0 Å². The predicted octanol–water partition coefficient (Wildman–Crippen LogP) is 4.26. The standard InChI is InChI=1S/C21H22BrF3N2O5S/c1-13-11-26(17-3-5-18(6-4-17)32-21(23,24)25)12-14(2)27(13)33(30,31)19-8-15(9-20(28)29)7-16(22)10-19/h3-8,10,13-14H,9,11-12H2,1-2H3,(H,28,29)/t13-,14+. The second-order valence-corrected chi connectivity index (χ2v) is 10.6. The van der Waals surface area contributed by atoms with Crippen molar-refractivity contribution in [2.45, 2.75) is 43.6 Å². The van der Waals surface area contributed by atoms with Crippen LogP contribution in [0.1, 0.15) is 19.4 Å². The molecule has 180 valence electrons. The molecule has 1 saturated heterocycles. The molecule has 3 rings (SSSR count). The third kappa shape index (κ3) is 6.18. The maximum atomic E-state index is 13.4. The quantitative estimate of drug-likeness (QED) is 0.578. The summed E-state index contributed by atoms with van der Waals surface area (Å²) in [5.41, 5.74) is 1.00. The number of hydrogen-bond acceptors (Lipinski definition) is 5. The van der Waals surface area contributed by atoms with E-state index in [1.807, 2.05) is 4.90 Å². The second-order valence-electron chi connectivity index (χ2n) is 7.85. The summed E-state index contributed by atoms with van der Waals surface area (Å²) < 4.78 is 69.7. The van der Waals surface area contributed by atoms with Crippen LogP contribution in [-0.4, -0.2) is 55.3 Å². The van der Waals surface area contributed by atoms with Crippen molar-refractivity contribution in [1.29, 1.82) is 0 Å². The monoisotopic (exact) mass is 550 g/mol. The minimum Gasteiger partial charge on any atom is -0.481 e. The van der Waals surface area contributed by atoms with Gasteiger partial charge < -0.3 is 14.7 Å². The fraction of sp³-hybridized carbons (Fsp3) is 0.381. The van der Waals surface area contributed by atoms with E-state index in [4.69, 9.17) is 5.11 Å². The third-order valence-corrected chi connectivity index (χ3v) is 7.70. The first kappa shape index (κ1) is 25.3. The number of carboxylic acids is 1. The zero-order chi connectivity index (χ0) is 24.6. The fourth-order valence-corrected chi connectivity index (χ4v) is 6.61. The number of sulfonamides is 1. The molecule has 1 aliphatic rings. The number of aliphatic carboxylic acids is 1. The van der Waals surface area contributed by atoms with Gasteiger partial charge in [-0.3, -0.25) is 4.79 Å². The number of anilines is 1. The van der Waals surface area contributed by atoms with Crippen LogP contribution < -0.4 is 9.64 Å². The highest BCUT2D eigenvalue weighted by Crippen LogP contribution is 2.31. The third-order valence-electron chi connectivity index (χ3n) is 5.14. The van der Waals surface area contributed by atoms with Gasteiger partial charge in [-0.1, -0.05) is 15.9 Å². The van der Waals surface area contributed by atoms with Gasteiger partial charge in [-0.15, -0.1) is 13.2 Å². The molecule has 0 amide bonds. The van der Waals surface area contributed by atoms with Crippen LogP contribution in [0.5, 0.6) is 5.75 Å². The van der Waals surface area contributed by atoms with Crippen molar-refractivity contribution in [2.24, 2.45) is 0 Å². The molecule has 0 spiro atoms. The highest BCUT2D eigenvalue weighted by molar-refractivity contribution is 9.10. The van der Waals surface area contributed by atoms with Crippen molar-refractivity contribution < 1.29 is 36.2 Å². The highest BCUT2D eigenvalue weighted by atomic mass is 79.9. The summed E-state index contributed by atoms with van der Waals surface area (Å²) in [6, 6.07) is 8.88. The first-order valence-electron chi connectivity index (χ1n) is 9.92. The smallest absolute Gasteiger partial charge is 0.481 e. The van der Waals surface area contributed by atoms with E-state index in [-0.39, 0.29) is 17.1 Å². The first-order valence-corrected chi connectivity index (χ1v) is 12.1. The lowest BCUT2D eigenvalue weighted by molar-refractivity contribution is -0.274. The number of halogens is 4. The van der Waals surface area contributed by atoms with E-state index in [1.54, 1.807) is 19.9 Å². The summed E-state index contributed by atoms with van der Waals surface area (Å²) in [6.07, 6.45) is -5.09. The van der Waals surface area contributed by atoms with Gasteiger partial charge in [0.25, 0.3) is 0 Å². The zero-order valence-corrected chi connectivity index (χ0v) is 20.1. The van der Waals surface area contributed by atoms with E-state index in [2.05, 4.69) is 20.7 Å². The fourth-order valence-electron chi connectivity index (χ4n) is 4.02. The van der Waals surface area contributed by atoms with Crippen molar-refractivity contribution in [3.8, 4) is 5.75 Å². The van der Waals surface area contributed by atoms with E-state index in [0.29, 0.717) is 28.8 Å². The zero-order valence-electron chi connectivity index (χ0n) is 17.7. The van der Waals surface area contributed by atoms with Gasteiger partial charge in [0.2, 0.25) is 10.0 Å². The Morgan fingerprint density at radius 1 is 1.12 bits per heavy atom. The molecular weight excluding hydrogens is 529 g/mol. The van der Waals surface area contributed by atoms with Gasteiger partial charge in [0.15, 0.2) is 0 Å². The molecular formula is C21H22BrF3N2O5S. The molecule has 33 heavy (non-hydrogen) atoms. The lowest BCUT2D eigenvalue weighted by Gasteiger charge is -2.44. The molecule has 2 aromatic carbocycles. The molecule has 0 aliphatic carbocycles. The molecule has 2 atom stereocenters. The van der Waals surface area contributed by atoms with Crippen molar-refractivity contribution in [3.05, 3.63) is 52.5 Å². The Bertz CT molecular complexity index is 1110. The second kappa shape index (κ2) is 9.51. The molecule has 12 heteroatoms. The van der Waals surface area contributed by atoms with Crippen LogP contribution in [0.3, 0.4) is 0 Å². The minimum atomic E-state index is -4.78. The van der Waals surface area contributed by atoms with Crippen LogP contribution in [0.4, 0.5) is 18.9 Å². The van der Waals surface area contributed by atoms with Crippen LogP contribution >= 0.6 is 15.9 Å². The number of alkyl halides is 3. The van der Waals surface area contributed by atoms with Crippen LogP contribution in [-0.2, 0) is 21.2 Å². The maximum Gasteiger partial charge on any atom is 0.573 e. The Morgan fingerprint density at radius 2 is 1.70 bits per heavy atom. The summed E-state index contributed by atoms with van der Waals surface area (Å²) in [7, 11) is -3.94. The average molecular weight is 551 g/mol. The first-order chi connectivity index (χ1) is 15.3. The van der Waals surface area contributed by atoms with Crippen LogP contribution in [0, 0.1) is 0 Å². The SMILES string of the molecule is C[C@@H]1CN(c2ccc(OC(F)(F)F)cc2)C[C@H](C)N1S(=O)(=O)c1cc(Br)cc(CC(=O)O)c1. The normalized spacial score (nSPS) is 20.0. The number of benzene rings is 2. The van der Waals surface area contributed by atoms with Crippen LogP contribution in [0.25, 0.3) is 0 Å². The Labute approximate surface area is 197 Å². The molecule has 1 aliphatic heterocycles. The van der Waals surface area contributed by atoms with Gasteiger partial charge in [0.05, 0.1) is 11.3 Å². The Kier molecular flexibility index (Phi) is 7.30. The number of hydrogen-bond donors (Lipinski definition) is 1. The molecule has 0 radical (unpaired) electrons. The van der Waals surface area contributed by atoms with Gasteiger partial charge >= 0.3 is 12.3 Å². The number of piperazine rings is 1. The van der Waals surface area contributed by atoms with Gasteiger partial charge in [-0.2, -0.15) is 4.31 Å². The molecule has 0 unspecified atom stereocenters.